The summed E-state index contributed by atoms with van der Waals surface area (Å²) in [5.41, 5.74) is 1.99. The van der Waals surface area contributed by atoms with E-state index in [9.17, 15) is 4.79 Å². The molecule has 0 unspecified atom stereocenters. The highest BCUT2D eigenvalue weighted by Crippen LogP contribution is 2.19. The van der Waals surface area contributed by atoms with Crippen molar-refractivity contribution in [2.24, 2.45) is 0 Å². The Balaban J connectivity index is 1.63. The SMILES string of the molecule is CC(=O)N(CCc1nc(-c2ccc(Br)cc2)no1)Cc1ccccc1. The molecule has 3 aromatic rings. The molecule has 0 aliphatic heterocycles. The van der Waals surface area contributed by atoms with Crippen molar-refractivity contribution in [1.29, 1.82) is 0 Å². The predicted molar refractivity (Wildman–Crippen MR) is 98.7 cm³/mol. The number of aromatic nitrogens is 2. The molecule has 1 heterocycles. The van der Waals surface area contributed by atoms with Crippen LogP contribution >= 0.6 is 15.9 Å². The zero-order valence-electron chi connectivity index (χ0n) is 13.9. The van der Waals surface area contributed by atoms with Crippen molar-refractivity contribution in [3.63, 3.8) is 0 Å². The second-order valence-corrected chi connectivity index (χ2v) is 6.61. The first kappa shape index (κ1) is 17.4. The summed E-state index contributed by atoms with van der Waals surface area (Å²) in [5.74, 6) is 1.11. The van der Waals surface area contributed by atoms with Gasteiger partial charge in [-0.15, -0.1) is 0 Å². The van der Waals surface area contributed by atoms with Gasteiger partial charge in [-0.1, -0.05) is 51.4 Å². The van der Waals surface area contributed by atoms with Crippen LogP contribution in [0.15, 0.2) is 63.6 Å². The Hall–Kier alpha value is -2.47. The monoisotopic (exact) mass is 399 g/mol. The first-order valence-electron chi connectivity index (χ1n) is 8.00. The van der Waals surface area contributed by atoms with Crippen LogP contribution in [0.25, 0.3) is 11.4 Å². The Bertz CT molecular complexity index is 831. The molecule has 2 aromatic carbocycles. The fraction of sp³-hybridized carbons (Fsp3) is 0.211. The summed E-state index contributed by atoms with van der Waals surface area (Å²) < 4.78 is 6.32. The lowest BCUT2D eigenvalue weighted by Gasteiger charge is -2.20. The Morgan fingerprint density at radius 3 is 2.52 bits per heavy atom. The number of carbonyl (C=O) groups excluding carboxylic acids is 1. The topological polar surface area (TPSA) is 59.2 Å². The summed E-state index contributed by atoms with van der Waals surface area (Å²) in [6.07, 6.45) is 0.524. The highest BCUT2D eigenvalue weighted by Gasteiger charge is 2.13. The van der Waals surface area contributed by atoms with E-state index in [1.54, 1.807) is 11.8 Å². The maximum atomic E-state index is 11.9. The third-order valence-electron chi connectivity index (χ3n) is 3.83. The summed E-state index contributed by atoms with van der Waals surface area (Å²) in [4.78, 5) is 18.1. The summed E-state index contributed by atoms with van der Waals surface area (Å²) in [7, 11) is 0. The number of rotatable bonds is 6. The maximum Gasteiger partial charge on any atom is 0.228 e. The molecule has 0 fully saturated rings. The predicted octanol–water partition coefficient (Wildman–Crippen LogP) is 4.09. The minimum atomic E-state index is 0.0245. The van der Waals surface area contributed by atoms with Gasteiger partial charge in [0.25, 0.3) is 0 Å². The highest BCUT2D eigenvalue weighted by atomic mass is 79.9. The quantitative estimate of drug-likeness (QED) is 0.626. The first-order chi connectivity index (χ1) is 12.1. The number of nitrogens with zero attached hydrogens (tertiary/aromatic N) is 3. The van der Waals surface area contributed by atoms with Crippen LogP contribution in [0.3, 0.4) is 0 Å². The van der Waals surface area contributed by atoms with Gasteiger partial charge >= 0.3 is 0 Å². The van der Waals surface area contributed by atoms with Crippen molar-refractivity contribution in [2.45, 2.75) is 19.9 Å². The lowest BCUT2D eigenvalue weighted by atomic mass is 10.2. The van der Waals surface area contributed by atoms with E-state index in [0.717, 1.165) is 15.6 Å². The average molecular weight is 400 g/mol. The number of benzene rings is 2. The lowest BCUT2D eigenvalue weighted by molar-refractivity contribution is -0.129. The van der Waals surface area contributed by atoms with Crippen molar-refractivity contribution >= 4 is 21.8 Å². The van der Waals surface area contributed by atoms with E-state index in [0.29, 0.717) is 31.2 Å². The number of carbonyl (C=O) groups is 1. The van der Waals surface area contributed by atoms with Gasteiger partial charge in [0.15, 0.2) is 0 Å². The summed E-state index contributed by atoms with van der Waals surface area (Å²) >= 11 is 3.40. The van der Waals surface area contributed by atoms with E-state index in [1.807, 2.05) is 54.6 Å². The largest absolute Gasteiger partial charge is 0.339 e. The fourth-order valence-electron chi connectivity index (χ4n) is 2.45. The number of amides is 1. The summed E-state index contributed by atoms with van der Waals surface area (Å²) in [5, 5.41) is 4.02. The second-order valence-electron chi connectivity index (χ2n) is 5.69. The van der Waals surface area contributed by atoms with Gasteiger partial charge in [0.2, 0.25) is 17.6 Å². The van der Waals surface area contributed by atoms with Gasteiger partial charge in [0.05, 0.1) is 0 Å². The summed E-state index contributed by atoms with van der Waals surface area (Å²) in [6.45, 7) is 2.68. The van der Waals surface area contributed by atoms with Crippen LogP contribution in [0.2, 0.25) is 0 Å². The number of hydrogen-bond donors (Lipinski definition) is 0. The van der Waals surface area contributed by atoms with Crippen molar-refractivity contribution < 1.29 is 9.32 Å². The van der Waals surface area contributed by atoms with Gasteiger partial charge in [-0.25, -0.2) is 0 Å². The van der Waals surface area contributed by atoms with Crippen molar-refractivity contribution in [3.8, 4) is 11.4 Å². The van der Waals surface area contributed by atoms with Gasteiger partial charge in [-0.3, -0.25) is 4.79 Å². The molecule has 25 heavy (non-hydrogen) atoms. The fourth-order valence-corrected chi connectivity index (χ4v) is 2.72. The third kappa shape index (κ3) is 4.76. The molecule has 0 aliphatic carbocycles. The smallest absolute Gasteiger partial charge is 0.228 e. The molecule has 0 saturated carbocycles. The van der Waals surface area contributed by atoms with Crippen LogP contribution in [-0.4, -0.2) is 27.5 Å². The molecule has 0 aliphatic rings. The zero-order chi connectivity index (χ0) is 17.6. The molecule has 0 atom stereocenters. The van der Waals surface area contributed by atoms with Crippen molar-refractivity contribution in [3.05, 3.63) is 70.5 Å². The van der Waals surface area contributed by atoms with Crippen LogP contribution in [0.5, 0.6) is 0 Å². The Kier molecular flexibility index (Phi) is 5.60. The standard InChI is InChI=1S/C19H18BrN3O2/c1-14(24)23(13-15-5-3-2-4-6-15)12-11-18-21-19(22-25-18)16-7-9-17(20)10-8-16/h2-10H,11-13H2,1H3. The van der Waals surface area contributed by atoms with E-state index >= 15 is 0 Å². The number of halogens is 1. The maximum absolute atomic E-state index is 11.9. The van der Waals surface area contributed by atoms with E-state index in [-0.39, 0.29) is 5.91 Å². The molecule has 128 valence electrons. The molecular weight excluding hydrogens is 382 g/mol. The van der Waals surface area contributed by atoms with Crippen molar-refractivity contribution in [1.82, 2.24) is 15.0 Å². The lowest BCUT2D eigenvalue weighted by Crippen LogP contribution is -2.30. The highest BCUT2D eigenvalue weighted by molar-refractivity contribution is 9.10. The molecule has 1 aromatic heterocycles. The Morgan fingerprint density at radius 1 is 1.12 bits per heavy atom. The zero-order valence-corrected chi connectivity index (χ0v) is 15.4. The van der Waals surface area contributed by atoms with Crippen LogP contribution in [0, 0.1) is 0 Å². The minimum absolute atomic E-state index is 0.0245. The number of hydrogen-bond acceptors (Lipinski definition) is 4. The third-order valence-corrected chi connectivity index (χ3v) is 4.36. The average Bonchev–Trinajstić information content (AvgIpc) is 3.09. The molecule has 0 N–H and O–H groups in total. The van der Waals surface area contributed by atoms with E-state index in [2.05, 4.69) is 26.1 Å². The Morgan fingerprint density at radius 2 is 1.84 bits per heavy atom. The molecular formula is C19H18BrN3O2. The van der Waals surface area contributed by atoms with Crippen LogP contribution < -0.4 is 0 Å². The van der Waals surface area contributed by atoms with Crippen LogP contribution in [-0.2, 0) is 17.8 Å². The van der Waals surface area contributed by atoms with Crippen molar-refractivity contribution in [2.75, 3.05) is 6.54 Å². The van der Waals surface area contributed by atoms with Crippen LogP contribution in [0.4, 0.5) is 0 Å². The van der Waals surface area contributed by atoms with Gasteiger partial charge in [0.1, 0.15) is 0 Å². The molecule has 1 amide bonds. The van der Waals surface area contributed by atoms with Crippen LogP contribution in [0.1, 0.15) is 18.4 Å². The molecule has 0 bridgehead atoms. The Labute approximate surface area is 154 Å². The van der Waals surface area contributed by atoms with E-state index < -0.39 is 0 Å². The minimum Gasteiger partial charge on any atom is -0.339 e. The molecule has 0 radical (unpaired) electrons. The molecule has 0 saturated heterocycles. The molecule has 0 spiro atoms. The van der Waals surface area contributed by atoms with Gasteiger partial charge in [0, 0.05) is 36.5 Å². The van der Waals surface area contributed by atoms with E-state index in [4.69, 9.17) is 4.52 Å². The second kappa shape index (κ2) is 8.07. The molecule has 5 nitrogen and oxygen atoms in total. The van der Waals surface area contributed by atoms with E-state index in [1.165, 1.54) is 0 Å². The molecule has 6 heteroatoms. The normalized spacial score (nSPS) is 10.6. The molecule has 3 rings (SSSR count). The first-order valence-corrected chi connectivity index (χ1v) is 8.79. The van der Waals surface area contributed by atoms with Gasteiger partial charge in [-0.05, 0) is 29.8 Å². The van der Waals surface area contributed by atoms with Gasteiger partial charge < -0.3 is 9.42 Å². The van der Waals surface area contributed by atoms with Gasteiger partial charge in [-0.2, -0.15) is 4.98 Å². The summed E-state index contributed by atoms with van der Waals surface area (Å²) in [6, 6.07) is 17.6.